The first-order valence-corrected chi connectivity index (χ1v) is 6.94. The lowest BCUT2D eigenvalue weighted by molar-refractivity contribution is 0.103. The van der Waals surface area contributed by atoms with E-state index in [0.717, 1.165) is 0 Å². The van der Waals surface area contributed by atoms with Crippen LogP contribution < -0.4 is 10.1 Å². The standard InChI is InChI=1S/C16H14ClNO4/c17-14-4-2-1-3-13(14)15(19)11-5-7-12(8-6-11)22-10-9-18-16(20)21/h1-8,18H,9-10H2,(H,20,21). The van der Waals surface area contributed by atoms with Crippen molar-refractivity contribution in [3.63, 3.8) is 0 Å². The first kappa shape index (κ1) is 15.9. The minimum Gasteiger partial charge on any atom is -0.492 e. The van der Waals surface area contributed by atoms with E-state index in [-0.39, 0.29) is 18.9 Å². The zero-order chi connectivity index (χ0) is 15.9. The van der Waals surface area contributed by atoms with E-state index in [1.165, 1.54) is 0 Å². The molecule has 5 nitrogen and oxygen atoms in total. The molecule has 0 radical (unpaired) electrons. The lowest BCUT2D eigenvalue weighted by Gasteiger charge is -2.07. The van der Waals surface area contributed by atoms with Crippen molar-refractivity contribution in [2.75, 3.05) is 13.2 Å². The number of hydrogen-bond donors (Lipinski definition) is 2. The maximum Gasteiger partial charge on any atom is 0.404 e. The van der Waals surface area contributed by atoms with Crippen LogP contribution in [0, 0.1) is 0 Å². The van der Waals surface area contributed by atoms with Crippen molar-refractivity contribution in [2.45, 2.75) is 0 Å². The SMILES string of the molecule is O=C(O)NCCOc1ccc(C(=O)c2ccccc2Cl)cc1. The molecule has 0 bridgehead atoms. The van der Waals surface area contributed by atoms with Gasteiger partial charge in [0.1, 0.15) is 12.4 Å². The third-order valence-corrected chi connectivity index (χ3v) is 3.21. The summed E-state index contributed by atoms with van der Waals surface area (Å²) in [7, 11) is 0. The zero-order valence-corrected chi connectivity index (χ0v) is 12.3. The van der Waals surface area contributed by atoms with E-state index in [2.05, 4.69) is 5.32 Å². The van der Waals surface area contributed by atoms with Gasteiger partial charge in [0.15, 0.2) is 5.78 Å². The van der Waals surface area contributed by atoms with Gasteiger partial charge in [-0.15, -0.1) is 0 Å². The highest BCUT2D eigenvalue weighted by Crippen LogP contribution is 2.20. The molecule has 0 unspecified atom stereocenters. The molecular formula is C16H14ClNO4. The first-order valence-electron chi connectivity index (χ1n) is 6.57. The molecule has 0 aliphatic rings. The molecule has 0 heterocycles. The van der Waals surface area contributed by atoms with Crippen molar-refractivity contribution in [1.29, 1.82) is 0 Å². The average Bonchev–Trinajstić information content (AvgIpc) is 2.52. The second-order valence-electron chi connectivity index (χ2n) is 4.41. The number of ether oxygens (including phenoxy) is 1. The Balaban J connectivity index is 1.98. The Labute approximate surface area is 132 Å². The van der Waals surface area contributed by atoms with E-state index in [0.29, 0.717) is 21.9 Å². The van der Waals surface area contributed by atoms with E-state index >= 15 is 0 Å². The molecule has 0 fully saturated rings. The molecule has 1 amide bonds. The maximum atomic E-state index is 12.3. The van der Waals surface area contributed by atoms with Gasteiger partial charge in [-0.05, 0) is 36.4 Å². The quantitative estimate of drug-likeness (QED) is 0.633. The molecule has 0 saturated heterocycles. The van der Waals surface area contributed by atoms with E-state index in [1.54, 1.807) is 48.5 Å². The third kappa shape index (κ3) is 4.23. The molecule has 0 saturated carbocycles. The van der Waals surface area contributed by atoms with E-state index in [9.17, 15) is 9.59 Å². The Bertz CT molecular complexity index is 670. The van der Waals surface area contributed by atoms with Gasteiger partial charge in [-0.25, -0.2) is 4.79 Å². The van der Waals surface area contributed by atoms with Gasteiger partial charge in [-0.1, -0.05) is 23.7 Å². The first-order chi connectivity index (χ1) is 10.6. The summed E-state index contributed by atoms with van der Waals surface area (Å²) in [6.45, 7) is 0.403. The highest BCUT2D eigenvalue weighted by atomic mass is 35.5. The fraction of sp³-hybridized carbons (Fsp3) is 0.125. The molecule has 114 valence electrons. The molecule has 0 spiro atoms. The van der Waals surface area contributed by atoms with Crippen molar-refractivity contribution in [1.82, 2.24) is 5.32 Å². The van der Waals surface area contributed by atoms with Gasteiger partial charge in [0.2, 0.25) is 0 Å². The van der Waals surface area contributed by atoms with Gasteiger partial charge in [0.05, 0.1) is 11.6 Å². The fourth-order valence-electron chi connectivity index (χ4n) is 1.83. The smallest absolute Gasteiger partial charge is 0.404 e. The van der Waals surface area contributed by atoms with Crippen molar-refractivity contribution < 1.29 is 19.4 Å². The summed E-state index contributed by atoms with van der Waals surface area (Å²) in [4.78, 5) is 22.6. The summed E-state index contributed by atoms with van der Waals surface area (Å²) in [5.41, 5.74) is 0.951. The lowest BCUT2D eigenvalue weighted by Crippen LogP contribution is -2.26. The largest absolute Gasteiger partial charge is 0.492 e. The number of nitrogens with one attached hydrogen (secondary N) is 1. The summed E-state index contributed by atoms with van der Waals surface area (Å²) in [5, 5.41) is 11.0. The maximum absolute atomic E-state index is 12.3. The zero-order valence-electron chi connectivity index (χ0n) is 11.6. The topological polar surface area (TPSA) is 75.6 Å². The molecule has 2 rings (SSSR count). The second-order valence-corrected chi connectivity index (χ2v) is 4.82. The molecule has 0 aromatic heterocycles. The van der Waals surface area contributed by atoms with Crippen LogP contribution in [0.3, 0.4) is 0 Å². The summed E-state index contributed by atoms with van der Waals surface area (Å²) in [5.74, 6) is 0.396. The van der Waals surface area contributed by atoms with Gasteiger partial charge in [-0.2, -0.15) is 0 Å². The summed E-state index contributed by atoms with van der Waals surface area (Å²) >= 11 is 6.01. The normalized spacial score (nSPS) is 10.0. The van der Waals surface area contributed by atoms with Gasteiger partial charge in [0.25, 0.3) is 0 Å². The molecule has 0 atom stereocenters. The minimum atomic E-state index is -1.09. The predicted octanol–water partition coefficient (Wildman–Crippen LogP) is 3.22. The van der Waals surface area contributed by atoms with Crippen LogP contribution in [0.5, 0.6) is 5.75 Å². The Kier molecular flexibility index (Phi) is 5.38. The van der Waals surface area contributed by atoms with Gasteiger partial charge in [0, 0.05) is 11.1 Å². The number of carboxylic acid groups (broad SMARTS) is 1. The van der Waals surface area contributed by atoms with Crippen molar-refractivity contribution in [3.8, 4) is 5.75 Å². The van der Waals surface area contributed by atoms with E-state index in [1.807, 2.05) is 0 Å². The van der Waals surface area contributed by atoms with Crippen LogP contribution in [0.2, 0.25) is 5.02 Å². The van der Waals surface area contributed by atoms with Crippen LogP contribution in [0.25, 0.3) is 0 Å². The Morgan fingerprint density at radius 3 is 2.41 bits per heavy atom. The summed E-state index contributed by atoms with van der Waals surface area (Å²) in [6.07, 6.45) is -1.09. The number of carbonyl (C=O) groups is 2. The van der Waals surface area contributed by atoms with E-state index in [4.69, 9.17) is 21.4 Å². The van der Waals surface area contributed by atoms with Crippen LogP contribution in [-0.4, -0.2) is 30.1 Å². The molecule has 0 aliphatic heterocycles. The Morgan fingerprint density at radius 2 is 1.77 bits per heavy atom. The van der Waals surface area contributed by atoms with Crippen LogP contribution in [-0.2, 0) is 0 Å². The molecule has 0 aliphatic carbocycles. The number of ketones is 1. The minimum absolute atomic E-state index is 0.162. The molecule has 2 N–H and O–H groups in total. The van der Waals surface area contributed by atoms with Crippen LogP contribution in [0.1, 0.15) is 15.9 Å². The van der Waals surface area contributed by atoms with Crippen molar-refractivity contribution >= 4 is 23.5 Å². The second kappa shape index (κ2) is 7.47. The molecule has 2 aromatic rings. The molecule has 6 heteroatoms. The number of hydrogen-bond acceptors (Lipinski definition) is 3. The van der Waals surface area contributed by atoms with Crippen LogP contribution >= 0.6 is 11.6 Å². The number of carbonyl (C=O) groups excluding carboxylic acids is 1. The van der Waals surface area contributed by atoms with Crippen LogP contribution in [0.4, 0.5) is 4.79 Å². The highest BCUT2D eigenvalue weighted by molar-refractivity contribution is 6.34. The van der Waals surface area contributed by atoms with Gasteiger partial charge in [-0.3, -0.25) is 4.79 Å². The Morgan fingerprint density at radius 1 is 1.09 bits per heavy atom. The molecule has 2 aromatic carbocycles. The average molecular weight is 320 g/mol. The fourth-order valence-corrected chi connectivity index (χ4v) is 2.05. The van der Waals surface area contributed by atoms with Crippen LogP contribution in [0.15, 0.2) is 48.5 Å². The molecular weight excluding hydrogens is 306 g/mol. The van der Waals surface area contributed by atoms with Gasteiger partial charge >= 0.3 is 6.09 Å². The third-order valence-electron chi connectivity index (χ3n) is 2.88. The Hall–Kier alpha value is -2.53. The number of amides is 1. The van der Waals surface area contributed by atoms with Gasteiger partial charge < -0.3 is 15.2 Å². The number of benzene rings is 2. The molecule has 22 heavy (non-hydrogen) atoms. The highest BCUT2D eigenvalue weighted by Gasteiger charge is 2.12. The summed E-state index contributed by atoms with van der Waals surface area (Å²) < 4.78 is 5.36. The van der Waals surface area contributed by atoms with Crippen molar-refractivity contribution in [2.24, 2.45) is 0 Å². The monoisotopic (exact) mass is 319 g/mol. The summed E-state index contributed by atoms with van der Waals surface area (Å²) in [6, 6.07) is 13.5. The predicted molar refractivity (Wildman–Crippen MR) is 82.8 cm³/mol. The number of halogens is 1. The lowest BCUT2D eigenvalue weighted by atomic mass is 10.0. The number of rotatable bonds is 6. The van der Waals surface area contributed by atoms with E-state index < -0.39 is 6.09 Å². The van der Waals surface area contributed by atoms with Crippen molar-refractivity contribution in [3.05, 3.63) is 64.7 Å².